The number of nitrogens with one attached hydrogen (secondary N) is 2. The smallest absolute Gasteiger partial charge is 0.273 e. The molecule has 0 aliphatic heterocycles. The van der Waals surface area contributed by atoms with Gasteiger partial charge in [-0.1, -0.05) is 0 Å². The van der Waals surface area contributed by atoms with Crippen molar-refractivity contribution in [3.8, 4) is 0 Å². The molecule has 0 bridgehead atoms. The molecule has 2 rings (SSSR count). The minimum absolute atomic E-state index is 0.0814. The molecule has 6 heteroatoms. The largest absolute Gasteiger partial charge is 0.388 e. The van der Waals surface area contributed by atoms with Crippen LogP contribution in [0.1, 0.15) is 15.3 Å². The Labute approximate surface area is 121 Å². The highest BCUT2D eigenvalue weighted by Gasteiger charge is 2.09. The number of hydrogen-bond acceptors (Lipinski definition) is 5. The van der Waals surface area contributed by atoms with Gasteiger partial charge >= 0.3 is 0 Å². The molecule has 1 aromatic carbocycles. The molecule has 1 aromatic heterocycles. The van der Waals surface area contributed by atoms with Crippen molar-refractivity contribution in [1.82, 2.24) is 0 Å². The number of thiophene rings is 1. The first-order valence-corrected chi connectivity index (χ1v) is 7.08. The van der Waals surface area contributed by atoms with Gasteiger partial charge in [-0.2, -0.15) is 0 Å². The SMILES string of the molecule is CNc1cc(NCc2cc(C)c(C)s2)cc([N+](=O)[O-])c1. The van der Waals surface area contributed by atoms with Crippen LogP contribution >= 0.6 is 11.3 Å². The minimum atomic E-state index is -0.383. The Morgan fingerprint density at radius 2 is 1.90 bits per heavy atom. The van der Waals surface area contributed by atoms with Crippen molar-refractivity contribution in [2.45, 2.75) is 20.4 Å². The lowest BCUT2D eigenvalue weighted by atomic mass is 10.2. The molecule has 0 radical (unpaired) electrons. The number of non-ortho nitro benzene ring substituents is 1. The van der Waals surface area contributed by atoms with Crippen molar-refractivity contribution >= 4 is 28.4 Å². The van der Waals surface area contributed by atoms with Crippen LogP contribution in [-0.2, 0) is 6.54 Å². The van der Waals surface area contributed by atoms with Gasteiger partial charge in [-0.3, -0.25) is 10.1 Å². The number of aryl methyl sites for hydroxylation is 2. The van der Waals surface area contributed by atoms with Crippen molar-refractivity contribution in [2.75, 3.05) is 17.7 Å². The van der Waals surface area contributed by atoms with Gasteiger partial charge < -0.3 is 10.6 Å². The Kier molecular flexibility index (Phi) is 4.24. The summed E-state index contributed by atoms with van der Waals surface area (Å²) in [6.07, 6.45) is 0. The fraction of sp³-hybridized carbons (Fsp3) is 0.286. The first-order valence-electron chi connectivity index (χ1n) is 6.26. The number of rotatable bonds is 5. The van der Waals surface area contributed by atoms with Crippen molar-refractivity contribution in [3.05, 3.63) is 49.7 Å². The van der Waals surface area contributed by atoms with Gasteiger partial charge in [-0.15, -0.1) is 11.3 Å². The molecule has 0 amide bonds. The second-order valence-electron chi connectivity index (χ2n) is 4.58. The maximum Gasteiger partial charge on any atom is 0.273 e. The molecule has 20 heavy (non-hydrogen) atoms. The number of benzene rings is 1. The van der Waals surface area contributed by atoms with Crippen LogP contribution in [0.15, 0.2) is 24.3 Å². The predicted octanol–water partition coefficient (Wildman–Crippen LogP) is 3.93. The molecule has 0 saturated carbocycles. The summed E-state index contributed by atoms with van der Waals surface area (Å²) in [4.78, 5) is 13.0. The summed E-state index contributed by atoms with van der Waals surface area (Å²) in [5.41, 5.74) is 2.83. The highest BCUT2D eigenvalue weighted by molar-refractivity contribution is 7.12. The third-order valence-corrected chi connectivity index (χ3v) is 4.25. The zero-order chi connectivity index (χ0) is 14.7. The van der Waals surface area contributed by atoms with Crippen LogP contribution in [0.4, 0.5) is 17.1 Å². The quantitative estimate of drug-likeness (QED) is 0.647. The molecule has 5 nitrogen and oxygen atoms in total. The van der Waals surface area contributed by atoms with Gasteiger partial charge in [0.25, 0.3) is 5.69 Å². The number of nitro benzene ring substituents is 1. The molecular weight excluding hydrogens is 274 g/mol. The van der Waals surface area contributed by atoms with Gasteiger partial charge in [0, 0.05) is 46.9 Å². The van der Waals surface area contributed by atoms with Crippen LogP contribution in [-0.4, -0.2) is 12.0 Å². The first kappa shape index (κ1) is 14.3. The van der Waals surface area contributed by atoms with E-state index >= 15 is 0 Å². The Bertz CT molecular complexity index is 618. The zero-order valence-electron chi connectivity index (χ0n) is 11.7. The average molecular weight is 291 g/mol. The van der Waals surface area contributed by atoms with Gasteiger partial charge in [-0.05, 0) is 31.5 Å². The molecular formula is C14H17N3O2S. The summed E-state index contributed by atoms with van der Waals surface area (Å²) in [6.45, 7) is 4.85. The molecule has 0 aliphatic rings. The topological polar surface area (TPSA) is 67.2 Å². The van der Waals surface area contributed by atoms with Crippen molar-refractivity contribution in [2.24, 2.45) is 0 Å². The van der Waals surface area contributed by atoms with E-state index in [2.05, 4.69) is 30.5 Å². The molecule has 2 N–H and O–H groups in total. The van der Waals surface area contributed by atoms with E-state index < -0.39 is 0 Å². The lowest BCUT2D eigenvalue weighted by Crippen LogP contribution is -2.00. The molecule has 0 atom stereocenters. The number of nitrogens with zero attached hydrogens (tertiary/aromatic N) is 1. The molecule has 0 aliphatic carbocycles. The van der Waals surface area contributed by atoms with E-state index in [-0.39, 0.29) is 10.6 Å². The standard InChI is InChI=1S/C14H17N3O2S/c1-9-4-14(20-10(9)2)8-16-12-5-11(15-3)6-13(7-12)17(18)19/h4-7,15-16H,8H2,1-3H3. The van der Waals surface area contributed by atoms with E-state index in [1.54, 1.807) is 24.5 Å². The Morgan fingerprint density at radius 3 is 2.45 bits per heavy atom. The summed E-state index contributed by atoms with van der Waals surface area (Å²) in [6, 6.07) is 7.07. The Balaban J connectivity index is 2.16. The van der Waals surface area contributed by atoms with Crippen molar-refractivity contribution < 1.29 is 4.92 Å². The molecule has 1 heterocycles. The van der Waals surface area contributed by atoms with Crippen LogP contribution in [0, 0.1) is 24.0 Å². The lowest BCUT2D eigenvalue weighted by Gasteiger charge is -2.07. The zero-order valence-corrected chi connectivity index (χ0v) is 12.5. The van der Waals surface area contributed by atoms with Gasteiger partial charge in [0.15, 0.2) is 0 Å². The average Bonchev–Trinajstić information content (AvgIpc) is 2.75. The number of nitro groups is 1. The van der Waals surface area contributed by atoms with Crippen LogP contribution < -0.4 is 10.6 Å². The highest BCUT2D eigenvalue weighted by Crippen LogP contribution is 2.26. The first-order chi connectivity index (χ1) is 9.49. The Morgan fingerprint density at radius 1 is 1.20 bits per heavy atom. The molecule has 0 saturated heterocycles. The summed E-state index contributed by atoms with van der Waals surface area (Å²) < 4.78 is 0. The van der Waals surface area contributed by atoms with Crippen molar-refractivity contribution in [3.63, 3.8) is 0 Å². The second-order valence-corrected chi connectivity index (χ2v) is 5.92. The van der Waals surface area contributed by atoms with E-state index in [1.807, 2.05) is 6.07 Å². The minimum Gasteiger partial charge on any atom is -0.388 e. The van der Waals surface area contributed by atoms with Gasteiger partial charge in [0.1, 0.15) is 0 Å². The van der Waals surface area contributed by atoms with Crippen LogP contribution in [0.2, 0.25) is 0 Å². The molecule has 0 fully saturated rings. The number of hydrogen-bond donors (Lipinski definition) is 2. The van der Waals surface area contributed by atoms with E-state index in [1.165, 1.54) is 21.4 Å². The fourth-order valence-corrected chi connectivity index (χ4v) is 2.88. The summed E-state index contributed by atoms with van der Waals surface area (Å²) in [5, 5.41) is 17.1. The number of anilines is 2. The maximum absolute atomic E-state index is 10.9. The van der Waals surface area contributed by atoms with E-state index in [4.69, 9.17) is 0 Å². The highest BCUT2D eigenvalue weighted by atomic mass is 32.1. The second kappa shape index (κ2) is 5.92. The summed E-state index contributed by atoms with van der Waals surface area (Å²) in [7, 11) is 1.74. The normalized spacial score (nSPS) is 10.3. The summed E-state index contributed by atoms with van der Waals surface area (Å²) in [5.74, 6) is 0. The lowest BCUT2D eigenvalue weighted by molar-refractivity contribution is -0.384. The third-order valence-electron chi connectivity index (χ3n) is 3.10. The fourth-order valence-electron chi connectivity index (χ4n) is 1.89. The molecule has 0 spiro atoms. The monoisotopic (exact) mass is 291 g/mol. The predicted molar refractivity (Wildman–Crippen MR) is 83.8 cm³/mol. The summed E-state index contributed by atoms with van der Waals surface area (Å²) >= 11 is 1.74. The molecule has 0 unspecified atom stereocenters. The van der Waals surface area contributed by atoms with Gasteiger partial charge in [-0.25, -0.2) is 0 Å². The molecule has 2 aromatic rings. The Hall–Kier alpha value is -2.08. The maximum atomic E-state index is 10.9. The van der Waals surface area contributed by atoms with Gasteiger partial charge in [0.2, 0.25) is 0 Å². The van der Waals surface area contributed by atoms with Crippen LogP contribution in [0.5, 0.6) is 0 Å². The van der Waals surface area contributed by atoms with Gasteiger partial charge in [0.05, 0.1) is 4.92 Å². The van der Waals surface area contributed by atoms with E-state index in [0.29, 0.717) is 6.54 Å². The third kappa shape index (κ3) is 3.27. The van der Waals surface area contributed by atoms with Crippen LogP contribution in [0.25, 0.3) is 0 Å². The van der Waals surface area contributed by atoms with Crippen LogP contribution in [0.3, 0.4) is 0 Å². The molecule has 106 valence electrons. The van der Waals surface area contributed by atoms with E-state index in [0.717, 1.165) is 11.4 Å². The van der Waals surface area contributed by atoms with E-state index in [9.17, 15) is 10.1 Å². The van der Waals surface area contributed by atoms with Crippen molar-refractivity contribution in [1.29, 1.82) is 0 Å².